The lowest BCUT2D eigenvalue weighted by Gasteiger charge is -2.24. The van der Waals surface area contributed by atoms with E-state index < -0.39 is 0 Å². The van der Waals surface area contributed by atoms with Crippen molar-refractivity contribution in [1.29, 1.82) is 0 Å². The molecule has 0 radical (unpaired) electrons. The Bertz CT molecular complexity index is 265. The van der Waals surface area contributed by atoms with Gasteiger partial charge < -0.3 is 15.0 Å². The second kappa shape index (κ2) is 5.33. The van der Waals surface area contributed by atoms with Crippen molar-refractivity contribution < 1.29 is 4.74 Å². The van der Waals surface area contributed by atoms with Gasteiger partial charge in [-0.1, -0.05) is 6.42 Å². The highest BCUT2D eigenvalue weighted by molar-refractivity contribution is 5.06. The second-order valence-electron chi connectivity index (χ2n) is 4.25. The van der Waals surface area contributed by atoms with Crippen molar-refractivity contribution in [2.75, 3.05) is 13.2 Å². The van der Waals surface area contributed by atoms with Crippen LogP contribution in [0.4, 0.5) is 0 Å². The molecule has 1 aromatic heterocycles. The predicted molar refractivity (Wildman–Crippen MR) is 60.8 cm³/mol. The Morgan fingerprint density at radius 3 is 3.13 bits per heavy atom. The van der Waals surface area contributed by atoms with E-state index >= 15 is 0 Å². The van der Waals surface area contributed by atoms with Crippen LogP contribution in [0.3, 0.4) is 0 Å². The van der Waals surface area contributed by atoms with Gasteiger partial charge in [0.25, 0.3) is 0 Å². The van der Waals surface area contributed by atoms with E-state index in [0.29, 0.717) is 6.04 Å². The molecule has 0 unspecified atom stereocenters. The number of aromatic nitrogens is 1. The molecule has 0 saturated carbocycles. The van der Waals surface area contributed by atoms with Crippen LogP contribution in [0.2, 0.25) is 0 Å². The summed E-state index contributed by atoms with van der Waals surface area (Å²) in [6.07, 6.45) is 6.00. The van der Waals surface area contributed by atoms with Gasteiger partial charge in [-0.15, -0.1) is 0 Å². The maximum Gasteiger partial charge on any atom is 0.0945 e. The van der Waals surface area contributed by atoms with Crippen molar-refractivity contribution in [3.63, 3.8) is 0 Å². The molecule has 1 aliphatic heterocycles. The minimum atomic E-state index is 0.170. The van der Waals surface area contributed by atoms with Crippen molar-refractivity contribution in [3.8, 4) is 0 Å². The Morgan fingerprint density at radius 1 is 1.53 bits per heavy atom. The fraction of sp³-hybridized carbons (Fsp3) is 0.667. The van der Waals surface area contributed by atoms with Gasteiger partial charge in [0.15, 0.2) is 0 Å². The second-order valence-corrected chi connectivity index (χ2v) is 4.25. The number of H-pyrrole nitrogens is 1. The van der Waals surface area contributed by atoms with Gasteiger partial charge in [-0.05, 0) is 38.4 Å². The van der Waals surface area contributed by atoms with Gasteiger partial charge in [0.2, 0.25) is 0 Å². The third-order valence-corrected chi connectivity index (χ3v) is 3.02. The van der Waals surface area contributed by atoms with Crippen LogP contribution >= 0.6 is 0 Å². The van der Waals surface area contributed by atoms with E-state index in [4.69, 9.17) is 4.74 Å². The van der Waals surface area contributed by atoms with Gasteiger partial charge in [-0.3, -0.25) is 0 Å². The van der Waals surface area contributed by atoms with Gasteiger partial charge in [0.1, 0.15) is 0 Å². The van der Waals surface area contributed by atoms with E-state index in [-0.39, 0.29) is 6.10 Å². The summed E-state index contributed by atoms with van der Waals surface area (Å²) in [5.74, 6) is 0. The minimum absolute atomic E-state index is 0.170. The molecule has 3 nitrogen and oxygen atoms in total. The normalized spacial score (nSPS) is 23.9. The zero-order valence-corrected chi connectivity index (χ0v) is 9.33. The summed E-state index contributed by atoms with van der Waals surface area (Å²) < 4.78 is 5.83. The molecule has 0 aliphatic carbocycles. The number of rotatable bonds is 4. The largest absolute Gasteiger partial charge is 0.371 e. The number of hydrogen-bond acceptors (Lipinski definition) is 2. The Morgan fingerprint density at radius 2 is 2.47 bits per heavy atom. The third-order valence-electron chi connectivity index (χ3n) is 3.02. The molecule has 0 amide bonds. The molecule has 2 rings (SSSR count). The summed E-state index contributed by atoms with van der Waals surface area (Å²) in [7, 11) is 0. The fourth-order valence-corrected chi connectivity index (χ4v) is 2.01. The van der Waals surface area contributed by atoms with Crippen LogP contribution < -0.4 is 5.32 Å². The molecule has 1 saturated heterocycles. The summed E-state index contributed by atoms with van der Waals surface area (Å²) in [6, 6.07) is 4.63. The lowest BCUT2D eigenvalue weighted by atomic mass is 10.1. The van der Waals surface area contributed by atoms with Crippen molar-refractivity contribution in [1.82, 2.24) is 10.3 Å². The molecule has 1 aromatic rings. The Kier molecular flexibility index (Phi) is 3.80. The van der Waals surface area contributed by atoms with Gasteiger partial charge in [-0.25, -0.2) is 0 Å². The van der Waals surface area contributed by atoms with E-state index in [1.165, 1.54) is 19.3 Å². The highest BCUT2D eigenvalue weighted by Gasteiger charge is 2.14. The lowest BCUT2D eigenvalue weighted by Crippen LogP contribution is -2.37. The first-order chi connectivity index (χ1) is 7.36. The first-order valence-corrected chi connectivity index (χ1v) is 5.84. The predicted octanol–water partition coefficient (Wildman–Crippen LogP) is 2.23. The molecule has 3 heteroatoms. The Hall–Kier alpha value is -0.800. The molecule has 2 N–H and O–H groups in total. The number of ether oxygens (including phenoxy) is 1. The van der Waals surface area contributed by atoms with Crippen molar-refractivity contribution in [2.24, 2.45) is 0 Å². The first kappa shape index (κ1) is 10.7. The Labute approximate surface area is 91.2 Å². The maximum atomic E-state index is 5.83. The molecule has 0 spiro atoms. The van der Waals surface area contributed by atoms with E-state index in [9.17, 15) is 0 Å². The molecule has 2 atom stereocenters. The van der Waals surface area contributed by atoms with E-state index in [1.54, 1.807) is 0 Å². The summed E-state index contributed by atoms with van der Waals surface area (Å²) >= 11 is 0. The van der Waals surface area contributed by atoms with Crippen LogP contribution in [0, 0.1) is 0 Å². The van der Waals surface area contributed by atoms with Crippen LogP contribution in [-0.4, -0.2) is 24.2 Å². The molecular formula is C12H20N2O. The number of hydrogen-bond donors (Lipinski definition) is 2. The van der Waals surface area contributed by atoms with Gasteiger partial charge in [0.05, 0.1) is 12.7 Å². The average Bonchev–Trinajstić information content (AvgIpc) is 2.81. The first-order valence-electron chi connectivity index (χ1n) is 5.84. The highest BCUT2D eigenvalue weighted by atomic mass is 16.5. The zero-order valence-electron chi connectivity index (χ0n) is 9.33. The molecule has 84 valence electrons. The van der Waals surface area contributed by atoms with Crippen LogP contribution in [0.1, 0.15) is 38.0 Å². The standard InChI is InChI=1S/C12H20N2O/c1-10(12-6-4-8-14-12)15-9-11-5-2-3-7-13-11/h4,6,8,10-11,13-14H,2-3,5,7,9H2,1H3/t10-,11+/m1/s1. The summed E-state index contributed by atoms with van der Waals surface area (Å²) in [5, 5.41) is 3.48. The van der Waals surface area contributed by atoms with Crippen molar-refractivity contribution in [2.45, 2.75) is 38.3 Å². The van der Waals surface area contributed by atoms with Crippen LogP contribution in [0.15, 0.2) is 18.3 Å². The highest BCUT2D eigenvalue weighted by Crippen LogP contribution is 2.16. The van der Waals surface area contributed by atoms with Crippen LogP contribution in [0.5, 0.6) is 0 Å². The number of aromatic amines is 1. The van der Waals surface area contributed by atoms with E-state index in [1.807, 2.05) is 12.3 Å². The Balaban J connectivity index is 1.73. The molecule has 1 fully saturated rings. The monoisotopic (exact) mass is 208 g/mol. The van der Waals surface area contributed by atoms with E-state index in [0.717, 1.165) is 18.8 Å². The van der Waals surface area contributed by atoms with Crippen LogP contribution in [-0.2, 0) is 4.74 Å². The number of piperidine rings is 1. The SMILES string of the molecule is C[C@@H](OC[C@@H]1CCCCN1)c1ccc[nH]1. The summed E-state index contributed by atoms with van der Waals surface area (Å²) in [6.45, 7) is 4.06. The molecule has 1 aliphatic rings. The topological polar surface area (TPSA) is 37.0 Å². The van der Waals surface area contributed by atoms with Gasteiger partial charge in [0, 0.05) is 17.9 Å². The molecular weight excluding hydrogens is 188 g/mol. The van der Waals surface area contributed by atoms with Gasteiger partial charge in [-0.2, -0.15) is 0 Å². The molecule has 0 bridgehead atoms. The smallest absolute Gasteiger partial charge is 0.0945 e. The van der Waals surface area contributed by atoms with Crippen LogP contribution in [0.25, 0.3) is 0 Å². The zero-order chi connectivity index (χ0) is 10.5. The third kappa shape index (κ3) is 3.08. The quantitative estimate of drug-likeness (QED) is 0.796. The molecule has 0 aromatic carbocycles. The van der Waals surface area contributed by atoms with Crippen molar-refractivity contribution in [3.05, 3.63) is 24.0 Å². The van der Waals surface area contributed by atoms with Gasteiger partial charge >= 0.3 is 0 Å². The maximum absolute atomic E-state index is 5.83. The lowest BCUT2D eigenvalue weighted by molar-refractivity contribution is 0.0419. The molecule has 2 heterocycles. The van der Waals surface area contributed by atoms with E-state index in [2.05, 4.69) is 23.3 Å². The fourth-order valence-electron chi connectivity index (χ4n) is 2.01. The molecule has 15 heavy (non-hydrogen) atoms. The summed E-state index contributed by atoms with van der Waals surface area (Å²) in [5.41, 5.74) is 1.16. The average molecular weight is 208 g/mol. The van der Waals surface area contributed by atoms with Crippen molar-refractivity contribution >= 4 is 0 Å². The minimum Gasteiger partial charge on any atom is -0.371 e. The number of nitrogens with one attached hydrogen (secondary N) is 2. The summed E-state index contributed by atoms with van der Waals surface area (Å²) in [4.78, 5) is 3.18.